The van der Waals surface area contributed by atoms with Crippen molar-refractivity contribution < 1.29 is 14.7 Å². The Morgan fingerprint density at radius 3 is 2.61 bits per heavy atom. The summed E-state index contributed by atoms with van der Waals surface area (Å²) in [6.07, 6.45) is 0.461. The van der Waals surface area contributed by atoms with Gasteiger partial charge in [0.05, 0.1) is 5.69 Å². The number of urea groups is 1. The largest absolute Gasteiger partial charge is 0.481 e. The van der Waals surface area contributed by atoms with E-state index in [4.69, 9.17) is 5.11 Å². The number of rotatable bonds is 5. The second kappa shape index (κ2) is 7.35. The summed E-state index contributed by atoms with van der Waals surface area (Å²) in [5.74, 6) is -0.484. The fourth-order valence-electron chi connectivity index (χ4n) is 1.94. The maximum absolute atomic E-state index is 12.0. The molecule has 1 heterocycles. The second-order valence-electron chi connectivity index (χ2n) is 5.17. The van der Waals surface area contributed by atoms with Crippen molar-refractivity contribution in [1.82, 2.24) is 10.2 Å². The molecule has 0 radical (unpaired) electrons. The number of aliphatic carboxylic acids is 1. The van der Waals surface area contributed by atoms with Gasteiger partial charge in [-0.1, -0.05) is 12.1 Å². The number of aromatic nitrogens is 2. The molecule has 7 heteroatoms. The van der Waals surface area contributed by atoms with Crippen LogP contribution in [-0.2, 0) is 11.2 Å². The number of anilines is 2. The molecule has 0 fully saturated rings. The van der Waals surface area contributed by atoms with Crippen LogP contribution in [0.3, 0.4) is 0 Å². The van der Waals surface area contributed by atoms with Crippen LogP contribution in [0.25, 0.3) is 0 Å². The van der Waals surface area contributed by atoms with Gasteiger partial charge >= 0.3 is 12.0 Å². The minimum absolute atomic E-state index is 0.0495. The highest BCUT2D eigenvalue weighted by Gasteiger charge is 2.06. The number of hydrogen-bond donors (Lipinski definition) is 3. The van der Waals surface area contributed by atoms with Gasteiger partial charge in [0.2, 0.25) is 0 Å². The Labute approximate surface area is 133 Å². The number of aryl methyl sites for hydroxylation is 3. The minimum atomic E-state index is -0.852. The van der Waals surface area contributed by atoms with Gasteiger partial charge in [-0.2, -0.15) is 5.10 Å². The van der Waals surface area contributed by atoms with Crippen LogP contribution < -0.4 is 10.6 Å². The van der Waals surface area contributed by atoms with Crippen molar-refractivity contribution in [2.45, 2.75) is 26.7 Å². The van der Waals surface area contributed by atoms with Crippen LogP contribution in [0.1, 0.15) is 23.2 Å². The Kier molecular flexibility index (Phi) is 5.24. The van der Waals surface area contributed by atoms with Crippen LogP contribution in [0.5, 0.6) is 0 Å². The molecule has 2 amide bonds. The molecule has 2 aromatic rings. The Bertz CT molecular complexity index is 731. The quantitative estimate of drug-likeness (QED) is 0.787. The zero-order valence-electron chi connectivity index (χ0n) is 13.0. The summed E-state index contributed by atoms with van der Waals surface area (Å²) in [5, 5.41) is 21.8. The van der Waals surface area contributed by atoms with E-state index in [-0.39, 0.29) is 6.42 Å². The number of nitrogens with one attached hydrogen (secondary N) is 2. The number of hydrogen-bond acceptors (Lipinski definition) is 4. The van der Waals surface area contributed by atoms with Crippen molar-refractivity contribution in [3.63, 3.8) is 0 Å². The highest BCUT2D eigenvalue weighted by atomic mass is 16.4. The second-order valence-corrected chi connectivity index (χ2v) is 5.17. The van der Waals surface area contributed by atoms with Crippen molar-refractivity contribution >= 4 is 23.5 Å². The highest BCUT2D eigenvalue weighted by molar-refractivity contribution is 5.99. The van der Waals surface area contributed by atoms with Gasteiger partial charge in [0.15, 0.2) is 5.82 Å². The molecular formula is C16H18N4O3. The van der Waals surface area contributed by atoms with Crippen LogP contribution in [0, 0.1) is 13.8 Å². The van der Waals surface area contributed by atoms with Crippen molar-refractivity contribution in [2.75, 3.05) is 10.6 Å². The van der Waals surface area contributed by atoms with Crippen molar-refractivity contribution in [3.8, 4) is 0 Å². The number of carboxylic acid groups (broad SMARTS) is 1. The van der Waals surface area contributed by atoms with Gasteiger partial charge in [-0.25, -0.2) is 4.79 Å². The van der Waals surface area contributed by atoms with Crippen LogP contribution in [0.2, 0.25) is 0 Å². The third-order valence-electron chi connectivity index (χ3n) is 3.29. The molecule has 0 aliphatic rings. The molecule has 23 heavy (non-hydrogen) atoms. The molecule has 0 bridgehead atoms. The predicted octanol–water partition coefficient (Wildman–Crippen LogP) is 2.75. The molecule has 0 spiro atoms. The molecule has 0 aliphatic carbocycles. The lowest BCUT2D eigenvalue weighted by Crippen LogP contribution is -2.20. The van der Waals surface area contributed by atoms with E-state index in [1.54, 1.807) is 24.3 Å². The average molecular weight is 314 g/mol. The summed E-state index contributed by atoms with van der Waals surface area (Å²) < 4.78 is 0. The number of amides is 2. The minimum Gasteiger partial charge on any atom is -0.481 e. The number of carbonyl (C=O) groups excluding carboxylic acids is 1. The standard InChI is InChI=1S/C16H18N4O3/c1-10-8-14(20-19-11(10)2)18-16(23)17-13-5-3-4-12(9-13)6-7-15(21)22/h3-5,8-9H,6-7H2,1-2H3,(H,21,22)(H2,17,18,20,23). The van der Waals surface area contributed by atoms with Crippen molar-refractivity contribution in [1.29, 1.82) is 0 Å². The van der Waals surface area contributed by atoms with E-state index >= 15 is 0 Å². The Hall–Kier alpha value is -2.96. The van der Waals surface area contributed by atoms with E-state index in [2.05, 4.69) is 20.8 Å². The third kappa shape index (κ3) is 5.06. The van der Waals surface area contributed by atoms with E-state index in [0.717, 1.165) is 16.8 Å². The van der Waals surface area contributed by atoms with E-state index < -0.39 is 12.0 Å². The Balaban J connectivity index is 1.98. The van der Waals surface area contributed by atoms with Gasteiger partial charge in [0.1, 0.15) is 0 Å². The maximum atomic E-state index is 12.0. The van der Waals surface area contributed by atoms with Gasteiger partial charge in [0.25, 0.3) is 0 Å². The predicted molar refractivity (Wildman–Crippen MR) is 86.5 cm³/mol. The first-order chi connectivity index (χ1) is 10.9. The normalized spacial score (nSPS) is 10.2. The van der Waals surface area contributed by atoms with Crippen molar-refractivity contribution in [2.24, 2.45) is 0 Å². The van der Waals surface area contributed by atoms with Crippen LogP contribution in [0.4, 0.5) is 16.3 Å². The van der Waals surface area contributed by atoms with Crippen molar-refractivity contribution in [3.05, 3.63) is 47.2 Å². The summed E-state index contributed by atoms with van der Waals surface area (Å²) in [7, 11) is 0. The molecule has 1 aromatic carbocycles. The number of carbonyl (C=O) groups is 2. The van der Waals surface area contributed by atoms with E-state index in [1.807, 2.05) is 19.9 Å². The molecule has 3 N–H and O–H groups in total. The van der Waals surface area contributed by atoms with E-state index in [0.29, 0.717) is 17.9 Å². The average Bonchev–Trinajstić information content (AvgIpc) is 2.49. The SMILES string of the molecule is Cc1cc(NC(=O)Nc2cccc(CCC(=O)O)c2)nnc1C. The molecule has 0 aliphatic heterocycles. The molecule has 0 unspecified atom stereocenters. The summed E-state index contributed by atoms with van der Waals surface area (Å²) >= 11 is 0. The smallest absolute Gasteiger partial charge is 0.324 e. The summed E-state index contributed by atoms with van der Waals surface area (Å²) in [5.41, 5.74) is 3.17. The molecular weight excluding hydrogens is 296 g/mol. The van der Waals surface area contributed by atoms with Crippen LogP contribution >= 0.6 is 0 Å². The fraction of sp³-hybridized carbons (Fsp3) is 0.250. The summed E-state index contributed by atoms with van der Waals surface area (Å²) in [6, 6.07) is 8.37. The van der Waals surface area contributed by atoms with Gasteiger partial charge in [-0.05, 0) is 49.6 Å². The van der Waals surface area contributed by atoms with E-state index in [1.165, 1.54) is 0 Å². The van der Waals surface area contributed by atoms with Gasteiger partial charge in [-0.3, -0.25) is 10.1 Å². The topological polar surface area (TPSA) is 104 Å². The zero-order chi connectivity index (χ0) is 16.8. The zero-order valence-corrected chi connectivity index (χ0v) is 13.0. The monoisotopic (exact) mass is 314 g/mol. The first-order valence-electron chi connectivity index (χ1n) is 7.13. The third-order valence-corrected chi connectivity index (χ3v) is 3.29. The van der Waals surface area contributed by atoms with Crippen LogP contribution in [0.15, 0.2) is 30.3 Å². The van der Waals surface area contributed by atoms with Gasteiger partial charge in [-0.15, -0.1) is 5.10 Å². The molecule has 1 aromatic heterocycles. The molecule has 0 saturated carbocycles. The Morgan fingerprint density at radius 1 is 1.13 bits per heavy atom. The molecule has 120 valence electrons. The number of carboxylic acids is 1. The number of benzene rings is 1. The van der Waals surface area contributed by atoms with Gasteiger partial charge in [0, 0.05) is 12.1 Å². The first-order valence-corrected chi connectivity index (χ1v) is 7.13. The summed E-state index contributed by atoms with van der Waals surface area (Å²) in [4.78, 5) is 22.6. The fourth-order valence-corrected chi connectivity index (χ4v) is 1.94. The lowest BCUT2D eigenvalue weighted by molar-refractivity contribution is -0.136. The van der Waals surface area contributed by atoms with E-state index in [9.17, 15) is 9.59 Å². The molecule has 0 atom stereocenters. The number of nitrogens with zero attached hydrogens (tertiary/aromatic N) is 2. The summed E-state index contributed by atoms with van der Waals surface area (Å²) in [6.45, 7) is 3.73. The Morgan fingerprint density at radius 2 is 1.91 bits per heavy atom. The molecule has 7 nitrogen and oxygen atoms in total. The molecule has 2 rings (SSSR count). The molecule has 0 saturated heterocycles. The highest BCUT2D eigenvalue weighted by Crippen LogP contribution is 2.13. The van der Waals surface area contributed by atoms with Crippen LogP contribution in [-0.4, -0.2) is 27.3 Å². The lowest BCUT2D eigenvalue weighted by atomic mass is 10.1. The van der Waals surface area contributed by atoms with Gasteiger partial charge < -0.3 is 10.4 Å². The maximum Gasteiger partial charge on any atom is 0.324 e. The first kappa shape index (κ1) is 16.4. The lowest BCUT2D eigenvalue weighted by Gasteiger charge is -2.09.